The highest BCUT2D eigenvalue weighted by Crippen LogP contribution is 2.40. The highest BCUT2D eigenvalue weighted by Gasteiger charge is 2.19. The Kier molecular flexibility index (Phi) is 6.46. The van der Waals surface area contributed by atoms with Crippen molar-refractivity contribution in [3.05, 3.63) is 182 Å². The van der Waals surface area contributed by atoms with Crippen molar-refractivity contribution in [1.29, 1.82) is 0 Å². The molecule has 4 heterocycles. The fourth-order valence-electron chi connectivity index (χ4n) is 7.60. The van der Waals surface area contributed by atoms with Gasteiger partial charge in [-0.2, -0.15) is 0 Å². The third-order valence-electron chi connectivity index (χ3n) is 9.73. The summed E-state index contributed by atoms with van der Waals surface area (Å²) in [5, 5.41) is 4.86. The van der Waals surface area contributed by atoms with E-state index in [9.17, 15) is 0 Å². The Morgan fingerprint density at radius 3 is 1.10 bits per heavy atom. The van der Waals surface area contributed by atoms with E-state index in [4.69, 9.17) is 9.97 Å². The second-order valence-electron chi connectivity index (χ2n) is 12.6. The lowest BCUT2D eigenvalue weighted by Crippen LogP contribution is -1.97. The number of hydrogen-bond acceptors (Lipinski definition) is 2. The van der Waals surface area contributed by atoms with Crippen molar-refractivity contribution in [1.82, 2.24) is 19.1 Å². The predicted octanol–water partition coefficient (Wildman–Crippen LogP) is 11.7. The van der Waals surface area contributed by atoms with Gasteiger partial charge in [-0.05, 0) is 60.7 Å². The van der Waals surface area contributed by atoms with Crippen LogP contribution in [0, 0.1) is 0 Å². The van der Waals surface area contributed by atoms with Gasteiger partial charge in [-0.1, -0.05) is 121 Å². The van der Waals surface area contributed by atoms with Gasteiger partial charge in [0.15, 0.2) is 0 Å². The lowest BCUT2D eigenvalue weighted by atomic mass is 10.0. The maximum atomic E-state index is 5.28. The molecule has 0 bridgehead atoms. The summed E-state index contributed by atoms with van der Waals surface area (Å²) in [5.74, 6) is 0. The van der Waals surface area contributed by atoms with Crippen LogP contribution in [0.25, 0.3) is 88.9 Å². The highest BCUT2D eigenvalue weighted by molar-refractivity contribution is 6.14. The van der Waals surface area contributed by atoms with Crippen LogP contribution in [0.3, 0.4) is 0 Å². The van der Waals surface area contributed by atoms with Crippen molar-refractivity contribution in [2.24, 2.45) is 0 Å². The smallest absolute Gasteiger partial charge is 0.0893 e. The largest absolute Gasteiger partial charge is 0.309 e. The minimum Gasteiger partial charge on any atom is -0.309 e. The molecule has 0 saturated carbocycles. The number of fused-ring (bicyclic) bond motifs is 6. The van der Waals surface area contributed by atoms with Gasteiger partial charge >= 0.3 is 0 Å². The number of nitrogens with zero attached hydrogens (tertiary/aromatic N) is 4. The van der Waals surface area contributed by atoms with Crippen molar-refractivity contribution in [2.45, 2.75) is 0 Å². The molecule has 0 saturated heterocycles. The first-order valence-electron chi connectivity index (χ1n) is 16.9. The molecule has 0 atom stereocenters. The second kappa shape index (κ2) is 11.4. The first kappa shape index (κ1) is 28.3. The van der Waals surface area contributed by atoms with E-state index in [1.165, 1.54) is 32.6 Å². The summed E-state index contributed by atoms with van der Waals surface area (Å²) >= 11 is 0. The number of hydrogen-bond donors (Lipinski definition) is 0. The molecule has 0 amide bonds. The molecule has 0 N–H and O–H groups in total. The normalized spacial score (nSPS) is 11.6. The van der Waals surface area contributed by atoms with Crippen LogP contribution in [-0.4, -0.2) is 19.1 Å². The lowest BCUT2D eigenvalue weighted by molar-refractivity contribution is 1.17. The second-order valence-corrected chi connectivity index (χ2v) is 12.6. The molecule has 0 spiro atoms. The maximum Gasteiger partial charge on any atom is 0.0893 e. The van der Waals surface area contributed by atoms with E-state index in [0.29, 0.717) is 0 Å². The fourth-order valence-corrected chi connectivity index (χ4v) is 7.60. The van der Waals surface area contributed by atoms with Crippen LogP contribution in [0.2, 0.25) is 0 Å². The lowest BCUT2D eigenvalue weighted by Gasteiger charge is -2.13. The number of rotatable bonds is 5. The summed E-state index contributed by atoms with van der Waals surface area (Å²) < 4.78 is 4.72. The summed E-state index contributed by atoms with van der Waals surface area (Å²) in [4.78, 5) is 10.6. The summed E-state index contributed by atoms with van der Waals surface area (Å²) in [5.41, 5.74) is 12.5. The van der Waals surface area contributed by atoms with Crippen molar-refractivity contribution in [2.75, 3.05) is 0 Å². The molecule has 10 aromatic rings. The molecule has 6 aromatic carbocycles. The number of benzene rings is 6. The van der Waals surface area contributed by atoms with Crippen LogP contribution in [0.4, 0.5) is 0 Å². The number of aromatic nitrogens is 4. The number of para-hydroxylation sites is 6. The van der Waals surface area contributed by atoms with Crippen LogP contribution >= 0.6 is 0 Å². The average molecular weight is 639 g/mol. The molecular weight excluding hydrogens is 609 g/mol. The van der Waals surface area contributed by atoms with Gasteiger partial charge in [-0.25, -0.2) is 9.97 Å². The summed E-state index contributed by atoms with van der Waals surface area (Å²) in [6.07, 6.45) is 0. The van der Waals surface area contributed by atoms with E-state index >= 15 is 0 Å². The van der Waals surface area contributed by atoms with Gasteiger partial charge in [-0.3, -0.25) is 0 Å². The zero-order chi connectivity index (χ0) is 33.0. The van der Waals surface area contributed by atoms with Crippen molar-refractivity contribution in [3.8, 4) is 45.3 Å². The quantitative estimate of drug-likeness (QED) is 0.188. The Hall–Kier alpha value is -6.78. The van der Waals surface area contributed by atoms with Crippen molar-refractivity contribution < 1.29 is 0 Å². The van der Waals surface area contributed by atoms with Gasteiger partial charge in [0.1, 0.15) is 0 Å². The van der Waals surface area contributed by atoms with Crippen molar-refractivity contribution in [3.63, 3.8) is 0 Å². The monoisotopic (exact) mass is 638 g/mol. The molecule has 0 aliphatic heterocycles. The Morgan fingerprint density at radius 1 is 0.280 bits per heavy atom. The minimum absolute atomic E-state index is 0.833. The van der Waals surface area contributed by atoms with Crippen LogP contribution in [0.5, 0.6) is 0 Å². The first-order chi connectivity index (χ1) is 24.8. The summed E-state index contributed by atoms with van der Waals surface area (Å²) in [7, 11) is 0. The molecule has 0 fully saturated rings. The van der Waals surface area contributed by atoms with Crippen LogP contribution in [-0.2, 0) is 0 Å². The van der Waals surface area contributed by atoms with E-state index < -0.39 is 0 Å². The minimum atomic E-state index is 0.833. The van der Waals surface area contributed by atoms with Gasteiger partial charge < -0.3 is 9.13 Å². The van der Waals surface area contributed by atoms with E-state index in [-0.39, 0.29) is 0 Å². The molecule has 234 valence electrons. The van der Waals surface area contributed by atoms with E-state index in [1.54, 1.807) is 0 Å². The Labute approximate surface area is 289 Å². The molecule has 10 rings (SSSR count). The third kappa shape index (κ3) is 4.39. The Bertz CT molecular complexity index is 2670. The van der Waals surface area contributed by atoms with E-state index in [2.05, 4.69) is 191 Å². The molecular formula is C46H30N4. The SMILES string of the molecule is c1ccc(-n2c3ccccc3c3cccc(-c4cccc(-c5cccc(-c6cccc7c8ccccc8n(-c8ccccc8)c67)n5)n4)c32)cc1. The zero-order valence-electron chi connectivity index (χ0n) is 27.1. The zero-order valence-corrected chi connectivity index (χ0v) is 27.1. The Balaban J connectivity index is 1.15. The van der Waals surface area contributed by atoms with Gasteiger partial charge in [0.25, 0.3) is 0 Å². The third-order valence-corrected chi connectivity index (χ3v) is 9.73. The molecule has 4 aromatic heterocycles. The Morgan fingerprint density at radius 2 is 0.640 bits per heavy atom. The molecule has 0 aliphatic rings. The summed E-state index contributed by atoms with van der Waals surface area (Å²) in [6.45, 7) is 0. The van der Waals surface area contributed by atoms with E-state index in [0.717, 1.165) is 56.3 Å². The van der Waals surface area contributed by atoms with Gasteiger partial charge in [0, 0.05) is 44.0 Å². The predicted molar refractivity (Wildman–Crippen MR) is 207 cm³/mol. The molecule has 0 unspecified atom stereocenters. The standard InChI is InChI=1S/C46H30N4/c1-3-15-31(16-4-1)49-43-29-9-7-19-33(43)35-21-11-23-37(45(35)49)39-25-13-27-41(47-39)42-28-14-26-40(48-42)38-24-12-22-36-34-20-8-10-30-44(34)50(46(36)38)32-17-5-2-6-18-32/h1-30H. The average Bonchev–Trinajstić information content (AvgIpc) is 3.72. The van der Waals surface area contributed by atoms with Crippen LogP contribution in [0.15, 0.2) is 182 Å². The van der Waals surface area contributed by atoms with Gasteiger partial charge in [0.2, 0.25) is 0 Å². The van der Waals surface area contributed by atoms with Crippen LogP contribution < -0.4 is 0 Å². The van der Waals surface area contributed by atoms with Gasteiger partial charge in [-0.15, -0.1) is 0 Å². The maximum absolute atomic E-state index is 5.28. The van der Waals surface area contributed by atoms with Crippen molar-refractivity contribution >= 4 is 43.6 Å². The first-order valence-corrected chi connectivity index (χ1v) is 16.9. The van der Waals surface area contributed by atoms with E-state index in [1.807, 2.05) is 0 Å². The van der Waals surface area contributed by atoms with Gasteiger partial charge in [0.05, 0.1) is 44.8 Å². The topological polar surface area (TPSA) is 35.6 Å². The molecule has 4 heteroatoms. The molecule has 4 nitrogen and oxygen atoms in total. The molecule has 0 aliphatic carbocycles. The summed E-state index contributed by atoms with van der Waals surface area (Å²) in [6, 6.07) is 64.0. The number of pyridine rings is 2. The molecule has 0 radical (unpaired) electrons. The molecule has 50 heavy (non-hydrogen) atoms. The highest BCUT2D eigenvalue weighted by atomic mass is 15.0. The van der Waals surface area contributed by atoms with Crippen LogP contribution in [0.1, 0.15) is 0 Å². The fraction of sp³-hybridized carbons (Fsp3) is 0.